The molecule has 1 rings (SSSR count). The minimum absolute atomic E-state index is 0.425. The van der Waals surface area contributed by atoms with Crippen LogP contribution in [0.3, 0.4) is 0 Å². The van der Waals surface area contributed by atoms with Gasteiger partial charge in [-0.15, -0.1) is 5.10 Å². The molecule has 0 unspecified atom stereocenters. The van der Waals surface area contributed by atoms with Gasteiger partial charge in [0.25, 0.3) is 0 Å². The molecule has 0 aromatic carbocycles. The second-order valence-corrected chi connectivity index (χ2v) is 3.46. The van der Waals surface area contributed by atoms with Crippen LogP contribution in [0.2, 0.25) is 0 Å². The Kier molecular flexibility index (Phi) is 4.55. The maximum Gasteiger partial charge on any atom is 0.0852 e. The number of hydrogen-bond acceptors (Lipinski definition) is 4. The lowest BCUT2D eigenvalue weighted by atomic mass is 10.2. The fourth-order valence-corrected chi connectivity index (χ4v) is 1.03. The SMILES string of the molecule is CC(C)c1cn(CCOCCN)nn1. The molecule has 0 saturated carbocycles. The Morgan fingerprint density at radius 2 is 2.29 bits per heavy atom. The van der Waals surface area contributed by atoms with Crippen molar-refractivity contribution in [3.63, 3.8) is 0 Å². The second-order valence-electron chi connectivity index (χ2n) is 3.46. The lowest BCUT2D eigenvalue weighted by Gasteiger charge is -2.01. The fraction of sp³-hybridized carbons (Fsp3) is 0.778. The van der Waals surface area contributed by atoms with Crippen LogP contribution in [0.1, 0.15) is 25.5 Å². The molecule has 1 heterocycles. The van der Waals surface area contributed by atoms with Crippen LogP contribution in [0.15, 0.2) is 6.20 Å². The molecule has 0 fully saturated rings. The lowest BCUT2D eigenvalue weighted by Crippen LogP contribution is -2.12. The van der Waals surface area contributed by atoms with Crippen molar-refractivity contribution in [2.75, 3.05) is 19.8 Å². The topological polar surface area (TPSA) is 66.0 Å². The van der Waals surface area contributed by atoms with E-state index in [0.717, 1.165) is 12.2 Å². The van der Waals surface area contributed by atoms with Crippen LogP contribution in [0.5, 0.6) is 0 Å². The van der Waals surface area contributed by atoms with E-state index in [-0.39, 0.29) is 0 Å². The van der Waals surface area contributed by atoms with E-state index >= 15 is 0 Å². The Morgan fingerprint density at radius 3 is 2.86 bits per heavy atom. The van der Waals surface area contributed by atoms with E-state index in [0.29, 0.717) is 25.7 Å². The Labute approximate surface area is 84.2 Å². The van der Waals surface area contributed by atoms with Crippen LogP contribution in [-0.4, -0.2) is 34.8 Å². The summed E-state index contributed by atoms with van der Waals surface area (Å²) in [6.07, 6.45) is 1.95. The van der Waals surface area contributed by atoms with Gasteiger partial charge in [0.05, 0.1) is 25.5 Å². The highest BCUT2D eigenvalue weighted by Crippen LogP contribution is 2.08. The van der Waals surface area contributed by atoms with Gasteiger partial charge in [-0.1, -0.05) is 19.1 Å². The van der Waals surface area contributed by atoms with Crippen molar-refractivity contribution >= 4 is 0 Å². The maximum atomic E-state index is 5.29. The number of ether oxygens (including phenoxy) is 1. The molecule has 0 aliphatic rings. The van der Waals surface area contributed by atoms with Crippen LogP contribution < -0.4 is 5.73 Å². The Bertz CT molecular complexity index is 259. The monoisotopic (exact) mass is 198 g/mol. The van der Waals surface area contributed by atoms with Crippen molar-refractivity contribution in [1.82, 2.24) is 15.0 Å². The highest BCUT2D eigenvalue weighted by atomic mass is 16.5. The van der Waals surface area contributed by atoms with Gasteiger partial charge in [-0.25, -0.2) is 4.68 Å². The molecule has 80 valence electrons. The molecule has 0 atom stereocenters. The third-order valence-electron chi connectivity index (χ3n) is 1.87. The highest BCUT2D eigenvalue weighted by Gasteiger charge is 2.03. The van der Waals surface area contributed by atoms with Crippen molar-refractivity contribution in [2.45, 2.75) is 26.3 Å². The number of aromatic nitrogens is 3. The van der Waals surface area contributed by atoms with E-state index in [2.05, 4.69) is 24.2 Å². The third kappa shape index (κ3) is 3.43. The van der Waals surface area contributed by atoms with Gasteiger partial charge in [-0.2, -0.15) is 0 Å². The Morgan fingerprint density at radius 1 is 1.50 bits per heavy atom. The lowest BCUT2D eigenvalue weighted by molar-refractivity contribution is 0.130. The first kappa shape index (κ1) is 11.1. The van der Waals surface area contributed by atoms with Gasteiger partial charge in [0.15, 0.2) is 0 Å². The van der Waals surface area contributed by atoms with Crippen LogP contribution in [0.25, 0.3) is 0 Å². The standard InChI is InChI=1S/C9H18N4O/c1-8(2)9-7-13(12-11-9)4-6-14-5-3-10/h7-8H,3-6,10H2,1-2H3. The summed E-state index contributed by atoms with van der Waals surface area (Å²) in [5, 5.41) is 8.04. The summed E-state index contributed by atoms with van der Waals surface area (Å²) in [6.45, 7) is 6.73. The minimum Gasteiger partial charge on any atom is -0.378 e. The summed E-state index contributed by atoms with van der Waals surface area (Å²) >= 11 is 0. The first-order chi connectivity index (χ1) is 6.74. The molecular weight excluding hydrogens is 180 g/mol. The van der Waals surface area contributed by atoms with Crippen LogP contribution in [0.4, 0.5) is 0 Å². The summed E-state index contributed by atoms with van der Waals surface area (Å²) in [5.41, 5.74) is 6.31. The molecule has 0 amide bonds. The molecule has 0 radical (unpaired) electrons. The predicted octanol–water partition coefficient (Wildman–Crippen LogP) is 0.377. The van der Waals surface area contributed by atoms with E-state index in [9.17, 15) is 0 Å². The maximum absolute atomic E-state index is 5.29. The Hall–Kier alpha value is -0.940. The van der Waals surface area contributed by atoms with Crippen molar-refractivity contribution in [3.8, 4) is 0 Å². The normalized spacial score (nSPS) is 11.1. The zero-order valence-electron chi connectivity index (χ0n) is 8.81. The molecular formula is C9H18N4O. The smallest absolute Gasteiger partial charge is 0.0852 e. The van der Waals surface area contributed by atoms with E-state index in [1.165, 1.54) is 0 Å². The second kappa shape index (κ2) is 5.72. The largest absolute Gasteiger partial charge is 0.378 e. The summed E-state index contributed by atoms with van der Waals surface area (Å²) in [5.74, 6) is 0.425. The molecule has 0 aliphatic carbocycles. The van der Waals surface area contributed by atoms with E-state index < -0.39 is 0 Å². The molecule has 0 spiro atoms. The molecule has 5 heteroatoms. The van der Waals surface area contributed by atoms with E-state index in [1.807, 2.05) is 6.20 Å². The van der Waals surface area contributed by atoms with Gasteiger partial charge >= 0.3 is 0 Å². The predicted molar refractivity (Wildman–Crippen MR) is 54.0 cm³/mol. The minimum atomic E-state index is 0.425. The fourth-order valence-electron chi connectivity index (χ4n) is 1.03. The first-order valence-electron chi connectivity index (χ1n) is 4.92. The van der Waals surface area contributed by atoms with Gasteiger partial charge in [-0.3, -0.25) is 0 Å². The van der Waals surface area contributed by atoms with Crippen molar-refractivity contribution in [1.29, 1.82) is 0 Å². The van der Waals surface area contributed by atoms with Gasteiger partial charge < -0.3 is 10.5 Å². The van der Waals surface area contributed by atoms with Crippen LogP contribution in [-0.2, 0) is 11.3 Å². The van der Waals surface area contributed by atoms with E-state index in [1.54, 1.807) is 4.68 Å². The van der Waals surface area contributed by atoms with Crippen molar-refractivity contribution in [2.24, 2.45) is 5.73 Å². The molecule has 1 aromatic rings. The van der Waals surface area contributed by atoms with Gasteiger partial charge in [0.1, 0.15) is 0 Å². The van der Waals surface area contributed by atoms with E-state index in [4.69, 9.17) is 10.5 Å². The van der Waals surface area contributed by atoms with Gasteiger partial charge in [0, 0.05) is 12.7 Å². The number of rotatable bonds is 6. The molecule has 0 aliphatic heterocycles. The average Bonchev–Trinajstić information content (AvgIpc) is 2.61. The van der Waals surface area contributed by atoms with Crippen molar-refractivity contribution < 1.29 is 4.74 Å². The summed E-state index contributed by atoms with van der Waals surface area (Å²) in [7, 11) is 0. The molecule has 14 heavy (non-hydrogen) atoms. The first-order valence-corrected chi connectivity index (χ1v) is 4.92. The highest BCUT2D eigenvalue weighted by molar-refractivity contribution is 4.97. The summed E-state index contributed by atoms with van der Waals surface area (Å²) in [6, 6.07) is 0. The van der Waals surface area contributed by atoms with Crippen LogP contribution >= 0.6 is 0 Å². The average molecular weight is 198 g/mol. The zero-order chi connectivity index (χ0) is 10.4. The third-order valence-corrected chi connectivity index (χ3v) is 1.87. The van der Waals surface area contributed by atoms with Gasteiger partial charge in [0.2, 0.25) is 0 Å². The molecule has 0 saturated heterocycles. The summed E-state index contributed by atoms with van der Waals surface area (Å²) in [4.78, 5) is 0. The van der Waals surface area contributed by atoms with Gasteiger partial charge in [-0.05, 0) is 5.92 Å². The number of hydrogen-bond donors (Lipinski definition) is 1. The quantitative estimate of drug-likeness (QED) is 0.671. The molecule has 5 nitrogen and oxygen atoms in total. The van der Waals surface area contributed by atoms with Crippen molar-refractivity contribution in [3.05, 3.63) is 11.9 Å². The zero-order valence-corrected chi connectivity index (χ0v) is 8.81. The number of nitrogens with zero attached hydrogens (tertiary/aromatic N) is 3. The molecule has 0 bridgehead atoms. The molecule has 2 N–H and O–H groups in total. The number of nitrogens with two attached hydrogens (primary N) is 1. The van der Waals surface area contributed by atoms with Crippen LogP contribution in [0, 0.1) is 0 Å². The molecule has 1 aromatic heterocycles. The Balaban J connectivity index is 2.29. The summed E-state index contributed by atoms with van der Waals surface area (Å²) < 4.78 is 7.04.